The van der Waals surface area contributed by atoms with E-state index >= 15 is 0 Å². The van der Waals surface area contributed by atoms with Crippen LogP contribution in [0.4, 0.5) is 5.95 Å². The molecule has 0 N–H and O–H groups in total. The van der Waals surface area contributed by atoms with Crippen LogP contribution in [0.1, 0.15) is 31.7 Å². The van der Waals surface area contributed by atoms with E-state index in [9.17, 15) is 9.59 Å². The van der Waals surface area contributed by atoms with Crippen LogP contribution >= 0.6 is 0 Å². The number of amides is 1. The summed E-state index contributed by atoms with van der Waals surface area (Å²) in [5.74, 6) is 1.20. The Hall–Kier alpha value is -4.01. The summed E-state index contributed by atoms with van der Waals surface area (Å²) in [7, 11) is 0. The minimum absolute atomic E-state index is 0.0462. The lowest BCUT2D eigenvalue weighted by Gasteiger charge is -2.34. The van der Waals surface area contributed by atoms with E-state index < -0.39 is 0 Å². The molecule has 180 valence electrons. The third kappa shape index (κ3) is 4.80. The summed E-state index contributed by atoms with van der Waals surface area (Å²) >= 11 is 0. The van der Waals surface area contributed by atoms with E-state index in [0.717, 1.165) is 11.3 Å². The van der Waals surface area contributed by atoms with Gasteiger partial charge in [0.25, 0.3) is 5.56 Å². The van der Waals surface area contributed by atoms with Gasteiger partial charge in [0.2, 0.25) is 11.9 Å². The van der Waals surface area contributed by atoms with Crippen molar-refractivity contribution in [1.82, 2.24) is 29.0 Å². The number of aryl methyl sites for hydroxylation is 1. The molecule has 35 heavy (non-hydrogen) atoms. The Morgan fingerprint density at radius 2 is 1.71 bits per heavy atom. The second-order valence-corrected chi connectivity index (χ2v) is 9.10. The fourth-order valence-electron chi connectivity index (χ4n) is 4.37. The summed E-state index contributed by atoms with van der Waals surface area (Å²) in [4.78, 5) is 38.3. The molecule has 9 heteroatoms. The van der Waals surface area contributed by atoms with Gasteiger partial charge < -0.3 is 14.4 Å². The standard InChI is InChI=1S/C26H29N7O2/c1-19(2)20-4-6-21(7-5-20)22-18-23-25(35)31(16-17-33(23)29-22)11-8-24(34)30-12-14-32(15-13-30)26-27-9-3-10-28-26/h3-7,9-10,16-19H,8,11-15H2,1-2H3. The molecule has 4 aromatic rings. The molecule has 1 saturated heterocycles. The number of piperazine rings is 1. The molecule has 0 saturated carbocycles. The van der Waals surface area contributed by atoms with Crippen molar-refractivity contribution in [2.75, 3.05) is 31.1 Å². The van der Waals surface area contributed by atoms with Gasteiger partial charge in [0, 0.05) is 69.5 Å². The van der Waals surface area contributed by atoms with Crippen molar-refractivity contribution < 1.29 is 4.79 Å². The van der Waals surface area contributed by atoms with Crippen LogP contribution in [0.2, 0.25) is 0 Å². The lowest BCUT2D eigenvalue weighted by atomic mass is 10.0. The fourth-order valence-corrected chi connectivity index (χ4v) is 4.37. The van der Waals surface area contributed by atoms with Gasteiger partial charge in [0.15, 0.2) is 0 Å². The van der Waals surface area contributed by atoms with Crippen LogP contribution in [0.3, 0.4) is 0 Å². The zero-order valence-corrected chi connectivity index (χ0v) is 20.0. The Balaban J connectivity index is 1.23. The smallest absolute Gasteiger partial charge is 0.276 e. The van der Waals surface area contributed by atoms with E-state index in [-0.39, 0.29) is 17.9 Å². The Bertz CT molecular complexity index is 1370. The van der Waals surface area contributed by atoms with E-state index in [1.165, 1.54) is 5.56 Å². The van der Waals surface area contributed by atoms with E-state index in [2.05, 4.69) is 45.9 Å². The van der Waals surface area contributed by atoms with Crippen molar-refractivity contribution in [2.45, 2.75) is 32.7 Å². The molecule has 3 aromatic heterocycles. The van der Waals surface area contributed by atoms with Gasteiger partial charge in [0.1, 0.15) is 5.52 Å². The van der Waals surface area contributed by atoms with Crippen molar-refractivity contribution >= 4 is 17.4 Å². The van der Waals surface area contributed by atoms with E-state index in [1.54, 1.807) is 39.9 Å². The summed E-state index contributed by atoms with van der Waals surface area (Å²) in [5.41, 5.74) is 3.34. The molecule has 1 aliphatic rings. The molecule has 1 aromatic carbocycles. The lowest BCUT2D eigenvalue weighted by molar-refractivity contribution is -0.131. The average Bonchev–Trinajstić information content (AvgIpc) is 3.34. The largest absolute Gasteiger partial charge is 0.339 e. The number of hydrogen-bond donors (Lipinski definition) is 0. The van der Waals surface area contributed by atoms with E-state index in [0.29, 0.717) is 50.1 Å². The van der Waals surface area contributed by atoms with Crippen molar-refractivity contribution in [1.29, 1.82) is 0 Å². The minimum Gasteiger partial charge on any atom is -0.339 e. The summed E-state index contributed by atoms with van der Waals surface area (Å²) in [6, 6.07) is 11.9. The molecule has 0 unspecified atom stereocenters. The minimum atomic E-state index is -0.149. The highest BCUT2D eigenvalue weighted by molar-refractivity contribution is 5.76. The molecular formula is C26H29N7O2. The number of benzene rings is 1. The molecular weight excluding hydrogens is 442 g/mol. The first-order chi connectivity index (χ1) is 17.0. The summed E-state index contributed by atoms with van der Waals surface area (Å²) in [6.07, 6.45) is 7.19. The number of carbonyl (C=O) groups excluding carboxylic acids is 1. The molecule has 0 aliphatic carbocycles. The van der Waals surface area contributed by atoms with Gasteiger partial charge in [-0.1, -0.05) is 38.1 Å². The SMILES string of the molecule is CC(C)c1ccc(-c2cc3c(=O)n(CCC(=O)N4CCN(c5ncccn5)CC4)ccn3n2)cc1. The van der Waals surface area contributed by atoms with Gasteiger partial charge in [-0.3, -0.25) is 9.59 Å². The van der Waals surface area contributed by atoms with Crippen LogP contribution in [-0.4, -0.2) is 61.1 Å². The first kappa shape index (κ1) is 22.8. The van der Waals surface area contributed by atoms with Crippen LogP contribution in [0.5, 0.6) is 0 Å². The third-order valence-corrected chi connectivity index (χ3v) is 6.51. The Morgan fingerprint density at radius 3 is 2.40 bits per heavy atom. The summed E-state index contributed by atoms with van der Waals surface area (Å²) < 4.78 is 3.20. The molecule has 1 aliphatic heterocycles. The Kier molecular flexibility index (Phi) is 6.31. The number of carbonyl (C=O) groups is 1. The molecule has 4 heterocycles. The third-order valence-electron chi connectivity index (χ3n) is 6.51. The van der Waals surface area contributed by atoms with Crippen LogP contribution in [-0.2, 0) is 11.3 Å². The van der Waals surface area contributed by atoms with Crippen LogP contribution in [0, 0.1) is 0 Å². The molecule has 0 atom stereocenters. The van der Waals surface area contributed by atoms with Crippen molar-refractivity contribution in [3.05, 3.63) is 77.1 Å². The van der Waals surface area contributed by atoms with Crippen molar-refractivity contribution in [3.63, 3.8) is 0 Å². The summed E-state index contributed by atoms with van der Waals surface area (Å²) in [6.45, 7) is 7.27. The van der Waals surface area contributed by atoms with E-state index in [1.807, 2.05) is 23.1 Å². The average molecular weight is 472 g/mol. The number of anilines is 1. The highest BCUT2D eigenvalue weighted by Crippen LogP contribution is 2.22. The van der Waals surface area contributed by atoms with Crippen LogP contribution < -0.4 is 10.5 Å². The van der Waals surface area contributed by atoms with Crippen LogP contribution in [0.25, 0.3) is 16.8 Å². The number of aromatic nitrogens is 5. The highest BCUT2D eigenvalue weighted by atomic mass is 16.2. The fraction of sp³-hybridized carbons (Fsp3) is 0.346. The van der Waals surface area contributed by atoms with Gasteiger partial charge in [-0.25, -0.2) is 14.5 Å². The number of fused-ring (bicyclic) bond motifs is 1. The van der Waals surface area contributed by atoms with Gasteiger partial charge >= 0.3 is 0 Å². The maximum Gasteiger partial charge on any atom is 0.276 e. The van der Waals surface area contributed by atoms with Gasteiger partial charge in [-0.2, -0.15) is 5.10 Å². The molecule has 5 rings (SSSR count). The first-order valence-corrected chi connectivity index (χ1v) is 12.0. The molecule has 0 radical (unpaired) electrons. The number of nitrogens with zero attached hydrogens (tertiary/aromatic N) is 7. The predicted molar refractivity (Wildman–Crippen MR) is 134 cm³/mol. The maximum atomic E-state index is 13.1. The Morgan fingerprint density at radius 1 is 1.00 bits per heavy atom. The first-order valence-electron chi connectivity index (χ1n) is 12.0. The quantitative estimate of drug-likeness (QED) is 0.430. The van der Waals surface area contributed by atoms with Crippen molar-refractivity contribution in [3.8, 4) is 11.3 Å². The van der Waals surface area contributed by atoms with Crippen LogP contribution in [0.15, 0.2) is 66.0 Å². The van der Waals surface area contributed by atoms with E-state index in [4.69, 9.17) is 0 Å². The predicted octanol–water partition coefficient (Wildman–Crippen LogP) is 2.82. The molecule has 0 bridgehead atoms. The monoisotopic (exact) mass is 471 g/mol. The van der Waals surface area contributed by atoms with Crippen molar-refractivity contribution in [2.24, 2.45) is 0 Å². The van der Waals surface area contributed by atoms with Gasteiger partial charge in [0.05, 0.1) is 5.69 Å². The number of hydrogen-bond acceptors (Lipinski definition) is 6. The number of rotatable bonds is 6. The Labute approximate surface area is 203 Å². The van der Waals surface area contributed by atoms with Gasteiger partial charge in [-0.15, -0.1) is 0 Å². The zero-order valence-electron chi connectivity index (χ0n) is 20.0. The highest BCUT2D eigenvalue weighted by Gasteiger charge is 2.22. The zero-order chi connectivity index (χ0) is 24.4. The summed E-state index contributed by atoms with van der Waals surface area (Å²) in [5, 5.41) is 4.57. The second kappa shape index (κ2) is 9.69. The lowest BCUT2D eigenvalue weighted by Crippen LogP contribution is -2.49. The molecule has 1 fully saturated rings. The molecule has 0 spiro atoms. The maximum absolute atomic E-state index is 13.1. The topological polar surface area (TPSA) is 88.6 Å². The normalized spacial score (nSPS) is 14.1. The van der Waals surface area contributed by atoms with Gasteiger partial charge in [-0.05, 0) is 23.6 Å². The molecule has 9 nitrogen and oxygen atoms in total. The molecule has 1 amide bonds. The second-order valence-electron chi connectivity index (χ2n) is 9.10.